The molecular formula is H14Cl6K8. The van der Waals surface area contributed by atoms with Gasteiger partial charge in [0.1, 0.15) is 0 Å². The van der Waals surface area contributed by atoms with Crippen molar-refractivity contribution >= 4 is 74.4 Å². The van der Waals surface area contributed by atoms with Gasteiger partial charge < -0.3 is 11.4 Å². The van der Waals surface area contributed by atoms with Crippen molar-refractivity contribution in [3.05, 3.63) is 0 Å². The second kappa shape index (κ2) is 91.1. The van der Waals surface area contributed by atoms with E-state index in [2.05, 4.69) is 0 Å². The number of hydrogen-bond donors (Lipinski definition) is 0. The molecule has 0 saturated heterocycles. The molecule has 0 aromatic heterocycles. The quantitative estimate of drug-likeness (QED) is 0.269. The van der Waals surface area contributed by atoms with E-state index in [9.17, 15) is 0 Å². The average molecular weight is 540 g/mol. The molecule has 0 atom stereocenters. The van der Waals surface area contributed by atoms with Gasteiger partial charge in [-0.15, -0.1) is 74.4 Å². The van der Waals surface area contributed by atoms with Crippen molar-refractivity contribution in [3.8, 4) is 0 Å². The minimum Gasteiger partial charge on any atom is -1.00 e. The molecule has 0 nitrogen and oxygen atoms in total. The first kappa shape index (κ1) is 102. The van der Waals surface area contributed by atoms with E-state index in [1.807, 2.05) is 0 Å². The van der Waals surface area contributed by atoms with Crippen LogP contribution >= 0.6 is 74.4 Å². The van der Waals surface area contributed by atoms with E-state index in [-0.39, 0.29) is 497 Å². The van der Waals surface area contributed by atoms with Crippen LogP contribution in [0.3, 0.4) is 0 Å². The third-order valence-corrected chi connectivity index (χ3v) is 0. The molecule has 0 fully saturated rings. The smallest absolute Gasteiger partial charge is 1.00 e. The van der Waals surface area contributed by atoms with Crippen molar-refractivity contribution < 1.29 is 422 Å². The van der Waals surface area contributed by atoms with Crippen molar-refractivity contribution in [1.82, 2.24) is 0 Å². The molecule has 0 aliphatic heterocycles. The molecule has 14 heavy (non-hydrogen) atoms. The van der Waals surface area contributed by atoms with E-state index in [1.165, 1.54) is 0 Å². The summed E-state index contributed by atoms with van der Waals surface area (Å²) in [6.07, 6.45) is 0. The van der Waals surface area contributed by atoms with Gasteiger partial charge in [0, 0.05) is 0 Å². The molecule has 0 aromatic rings. The van der Waals surface area contributed by atoms with Gasteiger partial charge in [-0.25, -0.2) is 0 Å². The van der Waals surface area contributed by atoms with Crippen LogP contribution in [0, 0.1) is 0 Å². The summed E-state index contributed by atoms with van der Waals surface area (Å²) in [5.41, 5.74) is 0. The molecule has 0 N–H and O–H groups in total. The second-order valence-electron chi connectivity index (χ2n) is 0. The van der Waals surface area contributed by atoms with E-state index in [1.54, 1.807) is 0 Å². The van der Waals surface area contributed by atoms with Crippen LogP contribution in [0.15, 0.2) is 0 Å². The summed E-state index contributed by atoms with van der Waals surface area (Å²) < 4.78 is 0. The number of rotatable bonds is 0. The first-order valence-electron chi connectivity index (χ1n) is 0. The molecule has 0 saturated carbocycles. The molecule has 0 aliphatic carbocycles. The summed E-state index contributed by atoms with van der Waals surface area (Å²) in [5.74, 6) is 0. The molecule has 0 amide bonds. The largest absolute Gasteiger partial charge is 1.00 e. The Morgan fingerprint density at radius 3 is 0.214 bits per heavy atom. The Kier molecular flexibility index (Phi) is 661. The molecule has 0 radical (unpaired) electrons. The van der Waals surface area contributed by atoms with Gasteiger partial charge in [0.05, 0.1) is 0 Å². The number of hydrogen-bond acceptors (Lipinski definition) is 0. The Labute approximate surface area is 478 Å². The van der Waals surface area contributed by atoms with Crippen LogP contribution in [0.25, 0.3) is 0 Å². The zero-order chi connectivity index (χ0) is 0. The van der Waals surface area contributed by atoms with Gasteiger partial charge in [0.25, 0.3) is 0 Å². The molecule has 0 unspecified atom stereocenters. The van der Waals surface area contributed by atoms with Gasteiger partial charge in [-0.05, 0) is 0 Å². The van der Waals surface area contributed by atoms with E-state index in [4.69, 9.17) is 0 Å². The monoisotopic (exact) mass is 536 g/mol. The summed E-state index contributed by atoms with van der Waals surface area (Å²) in [4.78, 5) is 0. The fourth-order valence-electron chi connectivity index (χ4n) is 0. The average Bonchev–Trinajstić information content (AvgIpc) is 0. The topological polar surface area (TPSA) is 0 Å². The molecule has 0 spiro atoms. The summed E-state index contributed by atoms with van der Waals surface area (Å²) in [5, 5.41) is 0. The van der Waals surface area contributed by atoms with E-state index >= 15 is 0 Å². The Hall–Kier alpha value is 14.8. The standard InChI is InChI=1S/6ClH.8K.8H/h6*1H;;;;;;;;;;;;;;;;/q;;;;;;8*+1;8*-1. The van der Waals surface area contributed by atoms with Gasteiger partial charge in [0.2, 0.25) is 0 Å². The third-order valence-electron chi connectivity index (χ3n) is 0. The fourth-order valence-corrected chi connectivity index (χ4v) is 0. The second-order valence-corrected chi connectivity index (χ2v) is 0. The minimum absolute atomic E-state index is 0. The van der Waals surface area contributed by atoms with Gasteiger partial charge in [-0.2, -0.15) is 0 Å². The van der Waals surface area contributed by atoms with Crippen LogP contribution < -0.4 is 411 Å². The van der Waals surface area contributed by atoms with Crippen molar-refractivity contribution in [2.45, 2.75) is 0 Å². The Bertz CT molecular complexity index is 34.6. The third kappa shape index (κ3) is 81.4. The predicted octanol–water partition coefficient (Wildman–Crippen LogP) is -20.5. The first-order valence-corrected chi connectivity index (χ1v) is 0. The maximum atomic E-state index is 0. The summed E-state index contributed by atoms with van der Waals surface area (Å²) in [6.45, 7) is 0. The fraction of sp³-hybridized carbons (Fsp3) is 0. The van der Waals surface area contributed by atoms with Gasteiger partial charge >= 0.3 is 411 Å². The molecule has 64 valence electrons. The van der Waals surface area contributed by atoms with Crippen molar-refractivity contribution in [3.63, 3.8) is 0 Å². The first-order chi connectivity index (χ1) is 0. The molecule has 0 heterocycles. The predicted molar refractivity (Wildman–Crippen MR) is 52.4 cm³/mol. The maximum absolute atomic E-state index is 0. The SMILES string of the molecule is Cl.Cl.Cl.Cl.Cl.Cl.[H-].[H-].[H-].[H-].[H-].[H-].[H-].[H-].[K+].[K+].[K+].[K+].[K+].[K+].[K+].[K+]. The zero-order valence-corrected chi connectivity index (χ0v) is 40.3. The molecule has 14 heteroatoms. The minimum atomic E-state index is 0. The van der Waals surface area contributed by atoms with Gasteiger partial charge in [-0.1, -0.05) is 0 Å². The molecule has 0 aliphatic rings. The van der Waals surface area contributed by atoms with Crippen LogP contribution in [0.4, 0.5) is 0 Å². The van der Waals surface area contributed by atoms with Crippen LogP contribution in [0.2, 0.25) is 0 Å². The van der Waals surface area contributed by atoms with Gasteiger partial charge in [0.15, 0.2) is 0 Å². The van der Waals surface area contributed by atoms with Crippen LogP contribution in [0.5, 0.6) is 0 Å². The van der Waals surface area contributed by atoms with Crippen LogP contribution in [-0.2, 0) is 0 Å². The molecule has 0 aromatic carbocycles. The summed E-state index contributed by atoms with van der Waals surface area (Å²) in [7, 11) is 0. The molecular weight excluding hydrogens is 526 g/mol. The maximum Gasteiger partial charge on any atom is 1.00 e. The van der Waals surface area contributed by atoms with Crippen molar-refractivity contribution in [1.29, 1.82) is 0 Å². The van der Waals surface area contributed by atoms with E-state index in [0.29, 0.717) is 0 Å². The van der Waals surface area contributed by atoms with E-state index < -0.39 is 0 Å². The Morgan fingerprint density at radius 2 is 0.214 bits per heavy atom. The molecule has 0 bridgehead atoms. The summed E-state index contributed by atoms with van der Waals surface area (Å²) >= 11 is 0. The summed E-state index contributed by atoms with van der Waals surface area (Å²) in [6, 6.07) is 0. The van der Waals surface area contributed by atoms with E-state index in [0.717, 1.165) is 0 Å². The number of halogens is 6. The Morgan fingerprint density at radius 1 is 0.214 bits per heavy atom. The Balaban J connectivity index is 0. The van der Waals surface area contributed by atoms with Crippen molar-refractivity contribution in [2.24, 2.45) is 0 Å². The van der Waals surface area contributed by atoms with Crippen LogP contribution in [0.1, 0.15) is 11.4 Å². The normalized spacial score (nSPS) is 0. The zero-order valence-electron chi connectivity index (χ0n) is 18.4. The van der Waals surface area contributed by atoms with Crippen molar-refractivity contribution in [2.75, 3.05) is 0 Å². The molecule has 0 rings (SSSR count). The van der Waals surface area contributed by atoms with Gasteiger partial charge in [-0.3, -0.25) is 0 Å². The van der Waals surface area contributed by atoms with Crippen LogP contribution in [-0.4, -0.2) is 0 Å².